The van der Waals surface area contributed by atoms with Crippen LogP contribution in [0.25, 0.3) is 0 Å². The maximum Gasteiger partial charge on any atom is 0.287 e. The molecule has 0 saturated carbocycles. The molecular formula is C17H27N3O3. The van der Waals surface area contributed by atoms with E-state index in [1.807, 2.05) is 20.8 Å². The van der Waals surface area contributed by atoms with Crippen molar-refractivity contribution in [3.05, 3.63) is 23.7 Å². The molecular weight excluding hydrogens is 294 g/mol. The van der Waals surface area contributed by atoms with Crippen molar-refractivity contribution in [2.45, 2.75) is 52.1 Å². The van der Waals surface area contributed by atoms with E-state index in [1.54, 1.807) is 6.07 Å². The van der Waals surface area contributed by atoms with E-state index in [1.165, 1.54) is 6.26 Å². The van der Waals surface area contributed by atoms with Crippen LogP contribution in [0.3, 0.4) is 0 Å². The van der Waals surface area contributed by atoms with Crippen molar-refractivity contribution in [2.75, 3.05) is 19.6 Å². The fraction of sp³-hybridized carbons (Fsp3) is 0.647. The summed E-state index contributed by atoms with van der Waals surface area (Å²) in [6.07, 6.45) is 4.16. The number of aryl methyl sites for hydroxylation is 1. The number of piperidine rings is 1. The molecule has 0 bridgehead atoms. The van der Waals surface area contributed by atoms with Crippen LogP contribution in [0, 0.1) is 6.92 Å². The van der Waals surface area contributed by atoms with Gasteiger partial charge in [-0.3, -0.25) is 14.5 Å². The lowest BCUT2D eigenvalue weighted by Crippen LogP contribution is -2.51. The first-order chi connectivity index (χ1) is 11.0. The predicted octanol–water partition coefficient (Wildman–Crippen LogP) is 1.70. The molecule has 2 rings (SSSR count). The molecule has 2 amide bonds. The van der Waals surface area contributed by atoms with Crippen molar-refractivity contribution in [3.63, 3.8) is 0 Å². The van der Waals surface area contributed by atoms with Gasteiger partial charge >= 0.3 is 0 Å². The fourth-order valence-electron chi connectivity index (χ4n) is 2.85. The maximum absolute atomic E-state index is 12.2. The van der Waals surface area contributed by atoms with Gasteiger partial charge in [0.15, 0.2) is 5.76 Å². The molecule has 6 heteroatoms. The molecule has 1 aromatic heterocycles. The Morgan fingerprint density at radius 1 is 1.39 bits per heavy atom. The van der Waals surface area contributed by atoms with Crippen molar-refractivity contribution in [1.82, 2.24) is 15.5 Å². The lowest BCUT2D eigenvalue weighted by molar-refractivity contribution is -0.126. The van der Waals surface area contributed by atoms with Gasteiger partial charge in [0.1, 0.15) is 0 Å². The number of furan rings is 1. The number of hydrogen-bond donors (Lipinski definition) is 2. The van der Waals surface area contributed by atoms with E-state index in [0.29, 0.717) is 5.76 Å². The minimum absolute atomic E-state index is 0.0838. The lowest BCUT2D eigenvalue weighted by Gasteiger charge is -2.35. The number of likely N-dealkylation sites (tertiary alicyclic amines) is 1. The predicted molar refractivity (Wildman–Crippen MR) is 88.3 cm³/mol. The van der Waals surface area contributed by atoms with Gasteiger partial charge in [-0.15, -0.1) is 0 Å². The summed E-state index contributed by atoms with van der Waals surface area (Å²) in [5, 5.41) is 5.96. The molecule has 0 spiro atoms. The molecule has 128 valence electrons. The molecule has 1 fully saturated rings. The van der Waals surface area contributed by atoms with Crippen LogP contribution in [0.1, 0.15) is 49.2 Å². The first-order valence-electron chi connectivity index (χ1n) is 8.39. The number of nitrogens with zero attached hydrogens (tertiary/aromatic N) is 1. The van der Waals surface area contributed by atoms with Crippen LogP contribution >= 0.6 is 0 Å². The largest absolute Gasteiger partial charge is 0.459 e. The summed E-state index contributed by atoms with van der Waals surface area (Å²) < 4.78 is 5.22. The van der Waals surface area contributed by atoms with Gasteiger partial charge in [-0.2, -0.15) is 0 Å². The SMILES string of the molecule is CCCNC(=O)[C@@H](C)N1CCC(NC(=O)c2occc2C)CC1. The molecule has 0 aliphatic carbocycles. The Balaban J connectivity index is 1.78. The molecule has 1 aliphatic heterocycles. The number of carbonyl (C=O) groups is 2. The highest BCUT2D eigenvalue weighted by Gasteiger charge is 2.27. The monoisotopic (exact) mass is 321 g/mol. The van der Waals surface area contributed by atoms with Gasteiger partial charge in [-0.1, -0.05) is 6.92 Å². The quantitative estimate of drug-likeness (QED) is 0.836. The van der Waals surface area contributed by atoms with E-state index in [4.69, 9.17) is 4.42 Å². The Hall–Kier alpha value is -1.82. The highest BCUT2D eigenvalue weighted by molar-refractivity contribution is 5.93. The van der Waals surface area contributed by atoms with Crippen molar-refractivity contribution < 1.29 is 14.0 Å². The molecule has 0 unspecified atom stereocenters. The Kier molecular flexibility index (Phi) is 6.21. The molecule has 1 aromatic rings. The van der Waals surface area contributed by atoms with Crippen LogP contribution in [0.2, 0.25) is 0 Å². The zero-order chi connectivity index (χ0) is 16.8. The van der Waals surface area contributed by atoms with Crippen LogP contribution in [-0.2, 0) is 4.79 Å². The fourth-order valence-corrected chi connectivity index (χ4v) is 2.85. The molecule has 2 heterocycles. The van der Waals surface area contributed by atoms with Gasteiger partial charge in [0.2, 0.25) is 5.91 Å². The maximum atomic E-state index is 12.2. The second kappa shape index (κ2) is 8.15. The van der Waals surface area contributed by atoms with E-state index in [2.05, 4.69) is 15.5 Å². The van der Waals surface area contributed by atoms with E-state index in [0.717, 1.165) is 44.5 Å². The Bertz CT molecular complexity index is 533. The van der Waals surface area contributed by atoms with Crippen LogP contribution in [0.4, 0.5) is 0 Å². The Labute approximate surface area is 137 Å². The van der Waals surface area contributed by atoms with Gasteiger partial charge < -0.3 is 15.1 Å². The number of rotatable bonds is 6. The average Bonchev–Trinajstić information content (AvgIpc) is 2.98. The number of hydrogen-bond acceptors (Lipinski definition) is 4. The summed E-state index contributed by atoms with van der Waals surface area (Å²) >= 11 is 0. The van der Waals surface area contributed by atoms with Crippen LogP contribution in [0.15, 0.2) is 16.7 Å². The van der Waals surface area contributed by atoms with E-state index < -0.39 is 0 Å². The van der Waals surface area contributed by atoms with E-state index in [-0.39, 0.29) is 23.9 Å². The molecule has 1 atom stereocenters. The van der Waals surface area contributed by atoms with Crippen LogP contribution < -0.4 is 10.6 Å². The topological polar surface area (TPSA) is 74.6 Å². The van der Waals surface area contributed by atoms with E-state index >= 15 is 0 Å². The average molecular weight is 321 g/mol. The van der Waals surface area contributed by atoms with Crippen molar-refractivity contribution >= 4 is 11.8 Å². The zero-order valence-electron chi connectivity index (χ0n) is 14.2. The van der Waals surface area contributed by atoms with Crippen molar-refractivity contribution in [3.8, 4) is 0 Å². The molecule has 2 N–H and O–H groups in total. The molecule has 1 aliphatic rings. The summed E-state index contributed by atoms with van der Waals surface area (Å²) in [5.74, 6) is 0.319. The molecule has 0 aromatic carbocycles. The minimum Gasteiger partial charge on any atom is -0.459 e. The van der Waals surface area contributed by atoms with Crippen molar-refractivity contribution in [1.29, 1.82) is 0 Å². The Morgan fingerprint density at radius 3 is 2.65 bits per heavy atom. The highest BCUT2D eigenvalue weighted by Crippen LogP contribution is 2.15. The number of amides is 2. The summed E-state index contributed by atoms with van der Waals surface area (Å²) in [4.78, 5) is 26.3. The van der Waals surface area contributed by atoms with Gasteiger partial charge in [0.25, 0.3) is 5.91 Å². The lowest BCUT2D eigenvalue weighted by atomic mass is 10.0. The van der Waals surface area contributed by atoms with Gasteiger partial charge in [0, 0.05) is 31.2 Å². The standard InChI is InChI=1S/C17H27N3O3/c1-4-8-18-16(21)13(3)20-9-5-14(6-10-20)19-17(22)15-12(2)7-11-23-15/h7,11,13-14H,4-6,8-10H2,1-3H3,(H,18,21)(H,19,22)/t13-/m1/s1. The van der Waals surface area contributed by atoms with Gasteiger partial charge in [-0.05, 0) is 39.2 Å². The molecule has 23 heavy (non-hydrogen) atoms. The van der Waals surface area contributed by atoms with Crippen LogP contribution in [0.5, 0.6) is 0 Å². The number of nitrogens with one attached hydrogen (secondary N) is 2. The summed E-state index contributed by atoms with van der Waals surface area (Å²) in [6, 6.07) is 1.80. The molecule has 1 saturated heterocycles. The summed E-state index contributed by atoms with van der Waals surface area (Å²) in [5.41, 5.74) is 0.848. The summed E-state index contributed by atoms with van der Waals surface area (Å²) in [6.45, 7) is 8.18. The third-order valence-electron chi connectivity index (χ3n) is 4.41. The normalized spacial score (nSPS) is 17.7. The minimum atomic E-state index is -0.153. The molecule has 6 nitrogen and oxygen atoms in total. The second-order valence-electron chi connectivity index (χ2n) is 6.18. The summed E-state index contributed by atoms with van der Waals surface area (Å²) in [7, 11) is 0. The Morgan fingerprint density at radius 2 is 2.09 bits per heavy atom. The van der Waals surface area contributed by atoms with Gasteiger partial charge in [-0.25, -0.2) is 0 Å². The third kappa shape index (κ3) is 4.58. The smallest absolute Gasteiger partial charge is 0.287 e. The van der Waals surface area contributed by atoms with Crippen molar-refractivity contribution in [2.24, 2.45) is 0 Å². The third-order valence-corrected chi connectivity index (χ3v) is 4.41. The second-order valence-corrected chi connectivity index (χ2v) is 6.18. The molecule has 0 radical (unpaired) electrons. The first kappa shape index (κ1) is 17.5. The first-order valence-corrected chi connectivity index (χ1v) is 8.39. The van der Waals surface area contributed by atoms with Crippen LogP contribution in [-0.4, -0.2) is 48.4 Å². The number of carbonyl (C=O) groups excluding carboxylic acids is 2. The zero-order valence-corrected chi connectivity index (χ0v) is 14.2. The highest BCUT2D eigenvalue weighted by atomic mass is 16.3. The van der Waals surface area contributed by atoms with E-state index in [9.17, 15) is 9.59 Å². The van der Waals surface area contributed by atoms with Gasteiger partial charge in [0.05, 0.1) is 12.3 Å².